The summed E-state index contributed by atoms with van der Waals surface area (Å²) in [5, 5.41) is 0. The summed E-state index contributed by atoms with van der Waals surface area (Å²) in [4.78, 5) is 24.9. The highest BCUT2D eigenvalue weighted by Gasteiger charge is 2.36. The number of nitrogens with zero attached hydrogens (tertiary/aromatic N) is 1. The SMILES string of the molecule is CC(C)[C@@H](CCN1C(=O)CCC1=O)[C@@H]1CCOC(C)(C)C1. The van der Waals surface area contributed by atoms with Crippen LogP contribution in [0.5, 0.6) is 0 Å². The number of hydrogen-bond donors (Lipinski definition) is 0. The summed E-state index contributed by atoms with van der Waals surface area (Å²) in [5.74, 6) is 1.76. The lowest BCUT2D eigenvalue weighted by Gasteiger charge is -2.41. The molecule has 2 fully saturated rings. The number of rotatable bonds is 5. The van der Waals surface area contributed by atoms with E-state index in [1.807, 2.05) is 0 Å². The summed E-state index contributed by atoms with van der Waals surface area (Å²) < 4.78 is 5.82. The number of carbonyl (C=O) groups excluding carboxylic acids is 2. The van der Waals surface area contributed by atoms with Crippen LogP contribution >= 0.6 is 0 Å². The molecule has 120 valence electrons. The first-order valence-electron chi connectivity index (χ1n) is 8.27. The molecule has 21 heavy (non-hydrogen) atoms. The van der Waals surface area contributed by atoms with Crippen LogP contribution in [0.3, 0.4) is 0 Å². The molecule has 2 saturated heterocycles. The maximum absolute atomic E-state index is 11.7. The van der Waals surface area contributed by atoms with Gasteiger partial charge in [0.25, 0.3) is 0 Å². The van der Waals surface area contributed by atoms with E-state index >= 15 is 0 Å². The van der Waals surface area contributed by atoms with Crippen molar-refractivity contribution >= 4 is 11.8 Å². The van der Waals surface area contributed by atoms with E-state index < -0.39 is 0 Å². The minimum absolute atomic E-state index is 0.00909. The second-order valence-corrected chi connectivity index (χ2v) is 7.50. The van der Waals surface area contributed by atoms with E-state index in [9.17, 15) is 9.59 Å². The number of hydrogen-bond acceptors (Lipinski definition) is 3. The van der Waals surface area contributed by atoms with Gasteiger partial charge in [0.2, 0.25) is 11.8 Å². The quantitative estimate of drug-likeness (QED) is 0.733. The van der Waals surface area contributed by atoms with Crippen molar-refractivity contribution in [3.63, 3.8) is 0 Å². The number of ether oxygens (including phenoxy) is 1. The van der Waals surface area contributed by atoms with Gasteiger partial charge >= 0.3 is 0 Å². The van der Waals surface area contributed by atoms with E-state index in [-0.39, 0.29) is 17.4 Å². The first kappa shape index (κ1) is 16.5. The largest absolute Gasteiger partial charge is 0.376 e. The zero-order chi connectivity index (χ0) is 15.6. The number of likely N-dealkylation sites (tertiary alicyclic amines) is 1. The Balaban J connectivity index is 1.96. The highest BCUT2D eigenvalue weighted by molar-refractivity contribution is 6.01. The Morgan fingerprint density at radius 1 is 1.24 bits per heavy atom. The molecule has 0 bridgehead atoms. The van der Waals surface area contributed by atoms with Crippen molar-refractivity contribution in [2.45, 2.75) is 65.4 Å². The molecule has 4 nitrogen and oxygen atoms in total. The van der Waals surface area contributed by atoms with E-state index in [4.69, 9.17) is 4.74 Å². The van der Waals surface area contributed by atoms with Crippen molar-refractivity contribution in [1.82, 2.24) is 4.90 Å². The Hall–Kier alpha value is -0.900. The summed E-state index contributed by atoms with van der Waals surface area (Å²) >= 11 is 0. The van der Waals surface area contributed by atoms with Crippen molar-refractivity contribution in [3.05, 3.63) is 0 Å². The molecule has 4 heteroatoms. The van der Waals surface area contributed by atoms with Crippen LogP contribution in [0.25, 0.3) is 0 Å². The van der Waals surface area contributed by atoms with Gasteiger partial charge in [0.05, 0.1) is 5.60 Å². The number of imide groups is 1. The predicted molar refractivity (Wildman–Crippen MR) is 81.7 cm³/mol. The van der Waals surface area contributed by atoms with Gasteiger partial charge in [-0.05, 0) is 50.9 Å². The molecule has 2 aliphatic heterocycles. The van der Waals surface area contributed by atoms with Gasteiger partial charge in [-0.2, -0.15) is 0 Å². The molecule has 0 radical (unpaired) electrons. The van der Waals surface area contributed by atoms with Gasteiger partial charge in [-0.1, -0.05) is 13.8 Å². The smallest absolute Gasteiger partial charge is 0.229 e. The molecule has 0 aromatic heterocycles. The number of amides is 2. The lowest BCUT2D eigenvalue weighted by molar-refractivity contribution is -0.139. The fourth-order valence-electron chi connectivity index (χ4n) is 3.91. The van der Waals surface area contributed by atoms with Gasteiger partial charge in [0.15, 0.2) is 0 Å². The van der Waals surface area contributed by atoms with E-state index in [1.54, 1.807) is 0 Å². The Bertz CT molecular complexity index is 387. The third-order valence-electron chi connectivity index (χ3n) is 5.04. The van der Waals surface area contributed by atoms with Gasteiger partial charge in [-0.25, -0.2) is 0 Å². The maximum Gasteiger partial charge on any atom is 0.229 e. The Labute approximate surface area is 128 Å². The summed E-state index contributed by atoms with van der Waals surface area (Å²) in [6.45, 7) is 10.2. The van der Waals surface area contributed by atoms with Gasteiger partial charge < -0.3 is 4.74 Å². The average molecular weight is 295 g/mol. The Kier molecular flexibility index (Phi) is 5.07. The highest BCUT2D eigenvalue weighted by atomic mass is 16.5. The second-order valence-electron chi connectivity index (χ2n) is 7.50. The van der Waals surface area contributed by atoms with Crippen LogP contribution in [0, 0.1) is 17.8 Å². The third-order valence-corrected chi connectivity index (χ3v) is 5.04. The molecule has 2 heterocycles. The molecular formula is C17H29NO3. The van der Waals surface area contributed by atoms with Crippen LogP contribution in [0.1, 0.15) is 59.8 Å². The van der Waals surface area contributed by atoms with Gasteiger partial charge in [-0.3, -0.25) is 14.5 Å². The molecular weight excluding hydrogens is 266 g/mol. The van der Waals surface area contributed by atoms with Crippen LogP contribution in [0.4, 0.5) is 0 Å². The van der Waals surface area contributed by atoms with Crippen molar-refractivity contribution in [3.8, 4) is 0 Å². The van der Waals surface area contributed by atoms with E-state index in [2.05, 4.69) is 27.7 Å². The molecule has 0 N–H and O–H groups in total. The zero-order valence-corrected chi connectivity index (χ0v) is 13.9. The minimum atomic E-state index is -0.0463. The van der Waals surface area contributed by atoms with Crippen molar-refractivity contribution < 1.29 is 14.3 Å². The average Bonchev–Trinajstić information content (AvgIpc) is 2.69. The fraction of sp³-hybridized carbons (Fsp3) is 0.882. The van der Waals surface area contributed by atoms with Crippen LogP contribution in [-0.2, 0) is 14.3 Å². The molecule has 0 aromatic rings. The molecule has 2 rings (SSSR count). The van der Waals surface area contributed by atoms with Crippen molar-refractivity contribution in [1.29, 1.82) is 0 Å². The predicted octanol–water partition coefficient (Wildman–Crippen LogP) is 3.00. The molecule has 0 unspecified atom stereocenters. The van der Waals surface area contributed by atoms with Gasteiger partial charge in [0, 0.05) is 26.0 Å². The zero-order valence-electron chi connectivity index (χ0n) is 13.9. The Morgan fingerprint density at radius 3 is 2.38 bits per heavy atom. The van der Waals surface area contributed by atoms with Crippen molar-refractivity contribution in [2.75, 3.05) is 13.2 Å². The van der Waals surface area contributed by atoms with Gasteiger partial charge in [0.1, 0.15) is 0 Å². The highest BCUT2D eigenvalue weighted by Crippen LogP contribution is 2.38. The normalized spacial score (nSPS) is 27.5. The summed E-state index contributed by atoms with van der Waals surface area (Å²) in [5.41, 5.74) is -0.0463. The summed E-state index contributed by atoms with van der Waals surface area (Å²) in [6.07, 6.45) is 3.88. The molecule has 2 atom stereocenters. The lowest BCUT2D eigenvalue weighted by atomic mass is 9.73. The van der Waals surface area contributed by atoms with Crippen LogP contribution in [0.15, 0.2) is 0 Å². The van der Waals surface area contributed by atoms with E-state index in [1.165, 1.54) is 4.90 Å². The van der Waals surface area contributed by atoms with Crippen LogP contribution in [0.2, 0.25) is 0 Å². The standard InChI is InChI=1S/C17H29NO3/c1-12(2)14(13-8-10-21-17(3,4)11-13)7-9-18-15(19)5-6-16(18)20/h12-14H,5-11H2,1-4H3/t13-,14-/m1/s1. The van der Waals surface area contributed by atoms with Crippen molar-refractivity contribution in [2.24, 2.45) is 17.8 Å². The number of carbonyl (C=O) groups is 2. The topological polar surface area (TPSA) is 46.6 Å². The van der Waals surface area contributed by atoms with Crippen LogP contribution in [-0.4, -0.2) is 35.5 Å². The first-order valence-corrected chi connectivity index (χ1v) is 8.27. The maximum atomic E-state index is 11.7. The summed E-state index contributed by atoms with van der Waals surface area (Å²) in [6, 6.07) is 0. The summed E-state index contributed by atoms with van der Waals surface area (Å²) in [7, 11) is 0. The van der Waals surface area contributed by atoms with E-state index in [0.29, 0.717) is 37.1 Å². The third kappa shape index (κ3) is 4.06. The molecule has 2 aliphatic rings. The molecule has 0 aromatic carbocycles. The fourth-order valence-corrected chi connectivity index (χ4v) is 3.91. The second kappa shape index (κ2) is 6.47. The Morgan fingerprint density at radius 2 is 1.86 bits per heavy atom. The minimum Gasteiger partial charge on any atom is -0.376 e. The first-order chi connectivity index (χ1) is 9.80. The van der Waals surface area contributed by atoms with E-state index in [0.717, 1.165) is 25.9 Å². The lowest BCUT2D eigenvalue weighted by Crippen LogP contribution is -2.39. The van der Waals surface area contributed by atoms with Crippen LogP contribution < -0.4 is 0 Å². The molecule has 0 saturated carbocycles. The molecule has 2 amide bonds. The molecule has 0 aliphatic carbocycles. The monoisotopic (exact) mass is 295 g/mol. The molecule has 0 spiro atoms. The van der Waals surface area contributed by atoms with Gasteiger partial charge in [-0.15, -0.1) is 0 Å².